The zero-order chi connectivity index (χ0) is 14.2. The predicted octanol–water partition coefficient (Wildman–Crippen LogP) is 0.957. The Bertz CT molecular complexity index is 548. The number of carbonyl (C=O) groups is 3. The van der Waals surface area contributed by atoms with Crippen molar-refractivity contribution in [2.24, 2.45) is 5.41 Å². The molecule has 1 unspecified atom stereocenters. The Balaban J connectivity index is 2.69. The number of benzene rings is 1. The Labute approximate surface area is 108 Å². The van der Waals surface area contributed by atoms with E-state index in [1.165, 1.54) is 6.07 Å². The fraction of sp³-hybridized carbons (Fsp3) is 0.308. The van der Waals surface area contributed by atoms with Crippen molar-refractivity contribution in [1.29, 1.82) is 0 Å². The van der Waals surface area contributed by atoms with Crippen LogP contribution in [0.3, 0.4) is 0 Å². The zero-order valence-corrected chi connectivity index (χ0v) is 9.87. The quantitative estimate of drug-likeness (QED) is 0.701. The summed E-state index contributed by atoms with van der Waals surface area (Å²) in [7, 11) is 0. The number of hydrogen-bond donors (Lipinski definition) is 3. The average Bonchev–Trinajstić information content (AvgIpc) is 2.36. The molecule has 0 fully saturated rings. The van der Waals surface area contributed by atoms with Crippen molar-refractivity contribution >= 4 is 17.9 Å². The Kier molecular flexibility index (Phi) is 3.01. The molecule has 6 nitrogen and oxygen atoms in total. The number of fused-ring (bicyclic) bond motifs is 1. The van der Waals surface area contributed by atoms with Gasteiger partial charge in [-0.1, -0.05) is 24.3 Å². The molecule has 19 heavy (non-hydrogen) atoms. The molecule has 0 saturated heterocycles. The van der Waals surface area contributed by atoms with Crippen molar-refractivity contribution < 1.29 is 29.7 Å². The Morgan fingerprint density at radius 2 is 1.63 bits per heavy atom. The van der Waals surface area contributed by atoms with Crippen molar-refractivity contribution in [1.82, 2.24) is 0 Å². The van der Waals surface area contributed by atoms with Gasteiger partial charge >= 0.3 is 17.9 Å². The van der Waals surface area contributed by atoms with E-state index in [9.17, 15) is 29.7 Å². The molecule has 100 valence electrons. The number of rotatable bonds is 3. The van der Waals surface area contributed by atoms with Gasteiger partial charge in [-0.25, -0.2) is 0 Å². The molecule has 6 heteroatoms. The molecule has 1 aliphatic carbocycles. The summed E-state index contributed by atoms with van der Waals surface area (Å²) in [6, 6.07) is 6.47. The van der Waals surface area contributed by atoms with Crippen LogP contribution >= 0.6 is 0 Å². The Hall–Kier alpha value is -2.37. The van der Waals surface area contributed by atoms with Crippen molar-refractivity contribution in [2.45, 2.75) is 18.8 Å². The minimum Gasteiger partial charge on any atom is -0.481 e. The molecule has 2 rings (SSSR count). The van der Waals surface area contributed by atoms with Crippen molar-refractivity contribution in [3.8, 4) is 0 Å². The molecule has 1 atom stereocenters. The number of carboxylic acid groups (broad SMARTS) is 3. The summed E-state index contributed by atoms with van der Waals surface area (Å²) in [5.74, 6) is -6.23. The molecule has 0 aromatic heterocycles. The lowest BCUT2D eigenvalue weighted by Gasteiger charge is -2.36. The maximum Gasteiger partial charge on any atom is 0.322 e. The number of aryl methyl sites for hydroxylation is 1. The monoisotopic (exact) mass is 264 g/mol. The molecule has 3 N–H and O–H groups in total. The van der Waals surface area contributed by atoms with Gasteiger partial charge in [-0.15, -0.1) is 0 Å². The topological polar surface area (TPSA) is 112 Å². The third-order valence-corrected chi connectivity index (χ3v) is 3.66. The molecule has 0 saturated carbocycles. The van der Waals surface area contributed by atoms with E-state index in [1.54, 1.807) is 18.2 Å². The largest absolute Gasteiger partial charge is 0.481 e. The van der Waals surface area contributed by atoms with Crippen LogP contribution in [0.2, 0.25) is 0 Å². The average molecular weight is 264 g/mol. The highest BCUT2D eigenvalue weighted by Crippen LogP contribution is 2.46. The molecule has 0 amide bonds. The number of aliphatic carboxylic acids is 3. The fourth-order valence-corrected chi connectivity index (χ4v) is 2.68. The van der Waals surface area contributed by atoms with E-state index < -0.39 is 29.2 Å². The summed E-state index contributed by atoms with van der Waals surface area (Å²) >= 11 is 0. The van der Waals surface area contributed by atoms with Crippen LogP contribution in [0.4, 0.5) is 0 Å². The van der Waals surface area contributed by atoms with Gasteiger partial charge in [0.1, 0.15) is 5.92 Å². The number of hydrogen-bond acceptors (Lipinski definition) is 3. The summed E-state index contributed by atoms with van der Waals surface area (Å²) in [5, 5.41) is 27.8. The van der Waals surface area contributed by atoms with E-state index in [1.807, 2.05) is 0 Å². The van der Waals surface area contributed by atoms with Crippen molar-refractivity contribution in [2.75, 3.05) is 0 Å². The lowest BCUT2D eigenvalue weighted by molar-refractivity contribution is -0.173. The van der Waals surface area contributed by atoms with Gasteiger partial charge in [0.2, 0.25) is 0 Å². The van der Waals surface area contributed by atoms with Crippen molar-refractivity contribution in [3.63, 3.8) is 0 Å². The predicted molar refractivity (Wildman–Crippen MR) is 62.8 cm³/mol. The van der Waals surface area contributed by atoms with Crippen LogP contribution < -0.4 is 0 Å². The summed E-state index contributed by atoms with van der Waals surface area (Å²) in [6.07, 6.45) is 0.00417. The minimum atomic E-state index is -2.31. The van der Waals surface area contributed by atoms with Crippen LogP contribution in [-0.2, 0) is 20.8 Å². The molecular formula is C13H12O6. The highest BCUT2D eigenvalue weighted by Gasteiger charge is 2.58. The zero-order valence-electron chi connectivity index (χ0n) is 9.87. The third kappa shape index (κ3) is 1.76. The van der Waals surface area contributed by atoms with Gasteiger partial charge < -0.3 is 15.3 Å². The molecule has 0 aliphatic heterocycles. The fourth-order valence-electron chi connectivity index (χ4n) is 2.68. The lowest BCUT2D eigenvalue weighted by atomic mass is 9.64. The van der Waals surface area contributed by atoms with Gasteiger partial charge in [0, 0.05) is 0 Å². The SMILES string of the molecule is O=C(O)C1c2ccccc2CCC1(C(=O)O)C(=O)O. The van der Waals surface area contributed by atoms with Gasteiger partial charge in [0.15, 0.2) is 5.41 Å². The molecule has 0 radical (unpaired) electrons. The first kappa shape index (κ1) is 13.1. The van der Waals surface area contributed by atoms with E-state index in [4.69, 9.17) is 0 Å². The van der Waals surface area contributed by atoms with Gasteiger partial charge in [0.05, 0.1) is 0 Å². The third-order valence-electron chi connectivity index (χ3n) is 3.66. The van der Waals surface area contributed by atoms with Gasteiger partial charge in [-0.2, -0.15) is 0 Å². The minimum absolute atomic E-state index is 0.231. The lowest BCUT2D eigenvalue weighted by Crippen LogP contribution is -2.49. The summed E-state index contributed by atoms with van der Waals surface area (Å²) in [6.45, 7) is 0. The van der Waals surface area contributed by atoms with Gasteiger partial charge in [-0.05, 0) is 24.0 Å². The first-order valence-corrected chi connectivity index (χ1v) is 5.68. The molecule has 1 aromatic carbocycles. The second-order valence-electron chi connectivity index (χ2n) is 4.55. The van der Waals surface area contributed by atoms with E-state index in [0.717, 1.165) is 0 Å². The van der Waals surface area contributed by atoms with Crippen LogP contribution in [0.25, 0.3) is 0 Å². The molecular weight excluding hydrogens is 252 g/mol. The molecule has 0 heterocycles. The summed E-state index contributed by atoms with van der Waals surface area (Å²) in [5.41, 5.74) is -1.35. The van der Waals surface area contributed by atoms with Gasteiger partial charge in [0.25, 0.3) is 0 Å². The molecule has 1 aromatic rings. The van der Waals surface area contributed by atoms with Gasteiger partial charge in [-0.3, -0.25) is 14.4 Å². The maximum absolute atomic E-state index is 11.4. The smallest absolute Gasteiger partial charge is 0.322 e. The second-order valence-corrected chi connectivity index (χ2v) is 4.55. The second kappa shape index (κ2) is 4.38. The highest BCUT2D eigenvalue weighted by molar-refractivity contribution is 6.04. The van der Waals surface area contributed by atoms with Crippen LogP contribution in [0, 0.1) is 5.41 Å². The Morgan fingerprint density at radius 3 is 2.16 bits per heavy atom. The first-order valence-electron chi connectivity index (χ1n) is 5.68. The van der Waals surface area contributed by atoms with E-state index >= 15 is 0 Å². The van der Waals surface area contributed by atoms with E-state index in [-0.39, 0.29) is 18.4 Å². The van der Waals surface area contributed by atoms with Crippen molar-refractivity contribution in [3.05, 3.63) is 35.4 Å². The molecule has 1 aliphatic rings. The van der Waals surface area contributed by atoms with Crippen LogP contribution in [0.1, 0.15) is 23.5 Å². The summed E-state index contributed by atoms with van der Waals surface area (Å²) in [4.78, 5) is 34.2. The van der Waals surface area contributed by atoms with Crippen LogP contribution in [0.5, 0.6) is 0 Å². The van der Waals surface area contributed by atoms with Crippen LogP contribution in [-0.4, -0.2) is 33.2 Å². The normalized spacial score (nSPS) is 20.3. The van der Waals surface area contributed by atoms with E-state index in [2.05, 4.69) is 0 Å². The molecule has 0 spiro atoms. The molecule has 0 bridgehead atoms. The van der Waals surface area contributed by atoms with E-state index in [0.29, 0.717) is 5.56 Å². The maximum atomic E-state index is 11.4. The Morgan fingerprint density at radius 1 is 1.05 bits per heavy atom. The summed E-state index contributed by atoms with van der Waals surface area (Å²) < 4.78 is 0. The van der Waals surface area contributed by atoms with Crippen LogP contribution in [0.15, 0.2) is 24.3 Å². The first-order chi connectivity index (χ1) is 8.91. The highest BCUT2D eigenvalue weighted by atomic mass is 16.4. The number of carboxylic acids is 3. The standard InChI is InChI=1S/C13H12O6/c14-10(15)9-8-4-2-1-3-7(8)5-6-13(9,11(16)17)12(18)19/h1-4,9H,5-6H2,(H,14,15)(H,16,17)(H,18,19).